The number of aryl methyl sites for hydroxylation is 1. The SMILES string of the molecule is CN(CC(=O)Nc1ccc(Br)cc1)C[C@@H]1CCn2ccnc2C1. The van der Waals surface area contributed by atoms with Crippen molar-refractivity contribution in [2.75, 3.05) is 25.5 Å². The summed E-state index contributed by atoms with van der Waals surface area (Å²) in [4.78, 5) is 18.6. The average molecular weight is 377 g/mol. The first-order valence-electron chi connectivity index (χ1n) is 7.84. The molecule has 5 nitrogen and oxygen atoms in total. The molecule has 2 aromatic rings. The zero-order chi connectivity index (χ0) is 16.2. The molecule has 0 saturated carbocycles. The number of imidazole rings is 1. The van der Waals surface area contributed by atoms with Crippen molar-refractivity contribution in [2.45, 2.75) is 19.4 Å². The minimum absolute atomic E-state index is 0.0205. The van der Waals surface area contributed by atoms with Crippen LogP contribution in [0.3, 0.4) is 0 Å². The number of hydrogen-bond acceptors (Lipinski definition) is 3. The molecule has 3 rings (SSSR count). The molecule has 0 fully saturated rings. The van der Waals surface area contributed by atoms with Gasteiger partial charge < -0.3 is 9.88 Å². The molecule has 1 aliphatic heterocycles. The fourth-order valence-corrected chi connectivity index (χ4v) is 3.32. The molecular formula is C17H21BrN4O. The number of hydrogen-bond donors (Lipinski definition) is 1. The minimum Gasteiger partial charge on any atom is -0.335 e. The zero-order valence-corrected chi connectivity index (χ0v) is 14.8. The fourth-order valence-electron chi connectivity index (χ4n) is 3.06. The number of halogens is 1. The van der Waals surface area contributed by atoms with Crippen LogP contribution in [-0.4, -0.2) is 40.5 Å². The highest BCUT2D eigenvalue weighted by Gasteiger charge is 2.21. The summed E-state index contributed by atoms with van der Waals surface area (Å²) in [6.07, 6.45) is 6.04. The van der Waals surface area contributed by atoms with Gasteiger partial charge in [0, 0.05) is 42.1 Å². The van der Waals surface area contributed by atoms with Crippen molar-refractivity contribution in [1.82, 2.24) is 14.5 Å². The number of rotatable bonds is 5. The van der Waals surface area contributed by atoms with Crippen LogP contribution in [0.15, 0.2) is 41.1 Å². The van der Waals surface area contributed by atoms with Crippen LogP contribution >= 0.6 is 15.9 Å². The van der Waals surface area contributed by atoms with E-state index >= 15 is 0 Å². The summed E-state index contributed by atoms with van der Waals surface area (Å²) in [5.41, 5.74) is 0.825. The first-order valence-corrected chi connectivity index (χ1v) is 8.63. The molecule has 2 heterocycles. The van der Waals surface area contributed by atoms with E-state index in [9.17, 15) is 4.79 Å². The van der Waals surface area contributed by atoms with E-state index in [0.717, 1.165) is 41.9 Å². The molecule has 0 saturated heterocycles. The molecule has 1 atom stereocenters. The smallest absolute Gasteiger partial charge is 0.238 e. The lowest BCUT2D eigenvalue weighted by Crippen LogP contribution is -2.36. The highest BCUT2D eigenvalue weighted by Crippen LogP contribution is 2.20. The summed E-state index contributed by atoms with van der Waals surface area (Å²) in [6, 6.07) is 7.62. The second-order valence-corrected chi connectivity index (χ2v) is 7.06. The molecular weight excluding hydrogens is 356 g/mol. The van der Waals surface area contributed by atoms with Crippen molar-refractivity contribution < 1.29 is 4.79 Å². The Hall–Kier alpha value is -1.66. The van der Waals surface area contributed by atoms with Gasteiger partial charge in [-0.1, -0.05) is 15.9 Å². The second kappa shape index (κ2) is 7.27. The number of aromatic nitrogens is 2. The van der Waals surface area contributed by atoms with Crippen molar-refractivity contribution in [3.63, 3.8) is 0 Å². The first kappa shape index (κ1) is 16.2. The summed E-state index contributed by atoms with van der Waals surface area (Å²) >= 11 is 3.39. The van der Waals surface area contributed by atoms with E-state index in [0.29, 0.717) is 12.5 Å². The summed E-state index contributed by atoms with van der Waals surface area (Å²) in [5.74, 6) is 1.75. The number of fused-ring (bicyclic) bond motifs is 1. The average Bonchev–Trinajstić information content (AvgIpc) is 2.97. The Balaban J connectivity index is 1.46. The van der Waals surface area contributed by atoms with E-state index in [2.05, 4.69) is 35.7 Å². The van der Waals surface area contributed by atoms with E-state index in [1.54, 1.807) is 0 Å². The van der Waals surface area contributed by atoms with Crippen LogP contribution in [0, 0.1) is 5.92 Å². The zero-order valence-electron chi connectivity index (χ0n) is 13.2. The number of benzene rings is 1. The van der Waals surface area contributed by atoms with Crippen molar-refractivity contribution >= 4 is 27.5 Å². The molecule has 1 aromatic carbocycles. The monoisotopic (exact) mass is 376 g/mol. The van der Waals surface area contributed by atoms with Gasteiger partial charge >= 0.3 is 0 Å². The van der Waals surface area contributed by atoms with Crippen LogP contribution in [-0.2, 0) is 17.8 Å². The van der Waals surface area contributed by atoms with E-state index in [4.69, 9.17) is 0 Å². The van der Waals surface area contributed by atoms with Gasteiger partial charge in [-0.2, -0.15) is 0 Å². The van der Waals surface area contributed by atoms with Crippen molar-refractivity contribution in [1.29, 1.82) is 0 Å². The van der Waals surface area contributed by atoms with Crippen LogP contribution in [0.1, 0.15) is 12.2 Å². The first-order chi connectivity index (χ1) is 11.1. The normalized spacial score (nSPS) is 17.1. The standard InChI is InChI=1S/C17H21BrN4O/c1-21(11-13-6-8-22-9-7-19-16(22)10-13)12-17(23)20-15-4-2-14(18)3-5-15/h2-5,7,9,13H,6,8,10-12H2,1H3,(H,20,23)/t13-/m1/s1. The lowest BCUT2D eigenvalue weighted by molar-refractivity contribution is -0.117. The molecule has 1 N–H and O–H groups in total. The summed E-state index contributed by atoms with van der Waals surface area (Å²) in [6.45, 7) is 2.35. The number of amides is 1. The number of likely N-dealkylation sites (N-methyl/N-ethyl adjacent to an activating group) is 1. The molecule has 1 amide bonds. The van der Waals surface area contributed by atoms with Gasteiger partial charge in [-0.25, -0.2) is 4.98 Å². The van der Waals surface area contributed by atoms with Crippen LogP contribution < -0.4 is 5.32 Å². The summed E-state index contributed by atoms with van der Waals surface area (Å²) in [7, 11) is 2.00. The molecule has 0 aliphatic carbocycles. The Morgan fingerprint density at radius 1 is 1.43 bits per heavy atom. The van der Waals surface area contributed by atoms with Gasteiger partial charge in [0.15, 0.2) is 0 Å². The maximum absolute atomic E-state index is 12.1. The molecule has 0 spiro atoms. The Morgan fingerprint density at radius 2 is 2.22 bits per heavy atom. The van der Waals surface area contributed by atoms with E-state index < -0.39 is 0 Å². The van der Waals surface area contributed by atoms with Gasteiger partial charge in [0.25, 0.3) is 0 Å². The highest BCUT2D eigenvalue weighted by atomic mass is 79.9. The molecule has 23 heavy (non-hydrogen) atoms. The van der Waals surface area contributed by atoms with Crippen molar-refractivity contribution in [2.24, 2.45) is 5.92 Å². The number of nitrogens with one attached hydrogen (secondary N) is 1. The van der Waals surface area contributed by atoms with Gasteiger partial charge in [0.2, 0.25) is 5.91 Å². The van der Waals surface area contributed by atoms with Gasteiger partial charge in [-0.05, 0) is 43.7 Å². The van der Waals surface area contributed by atoms with Gasteiger partial charge in [-0.15, -0.1) is 0 Å². The van der Waals surface area contributed by atoms with Crippen LogP contribution in [0.2, 0.25) is 0 Å². The Labute approximate surface area is 144 Å². The van der Waals surface area contributed by atoms with Crippen molar-refractivity contribution in [3.05, 3.63) is 47.0 Å². The molecule has 0 radical (unpaired) electrons. The van der Waals surface area contributed by atoms with Gasteiger partial charge in [0.1, 0.15) is 5.82 Å². The largest absolute Gasteiger partial charge is 0.335 e. The Kier molecular flexibility index (Phi) is 5.13. The lowest BCUT2D eigenvalue weighted by atomic mass is 9.97. The Bertz CT molecular complexity index is 667. The van der Waals surface area contributed by atoms with E-state index in [-0.39, 0.29) is 5.91 Å². The molecule has 122 valence electrons. The van der Waals surface area contributed by atoms with Crippen molar-refractivity contribution in [3.8, 4) is 0 Å². The number of carbonyl (C=O) groups excluding carboxylic acids is 1. The summed E-state index contributed by atoms with van der Waals surface area (Å²) < 4.78 is 3.22. The fraction of sp³-hybridized carbons (Fsp3) is 0.412. The van der Waals surface area contributed by atoms with E-state index in [1.165, 1.54) is 0 Å². The summed E-state index contributed by atoms with van der Waals surface area (Å²) in [5, 5.41) is 2.93. The Morgan fingerprint density at radius 3 is 3.00 bits per heavy atom. The second-order valence-electron chi connectivity index (χ2n) is 6.15. The third-order valence-corrected chi connectivity index (χ3v) is 4.69. The molecule has 0 bridgehead atoms. The third-order valence-electron chi connectivity index (χ3n) is 4.16. The van der Waals surface area contributed by atoms with Crippen LogP contribution in [0.25, 0.3) is 0 Å². The topological polar surface area (TPSA) is 50.2 Å². The molecule has 1 aromatic heterocycles. The quantitative estimate of drug-likeness (QED) is 0.872. The highest BCUT2D eigenvalue weighted by molar-refractivity contribution is 9.10. The minimum atomic E-state index is 0.0205. The van der Waals surface area contributed by atoms with E-state index in [1.807, 2.05) is 43.7 Å². The van der Waals surface area contributed by atoms with Gasteiger partial charge in [0.05, 0.1) is 6.54 Å². The number of nitrogens with zero attached hydrogens (tertiary/aromatic N) is 3. The molecule has 6 heteroatoms. The number of carbonyl (C=O) groups is 1. The molecule has 0 unspecified atom stereocenters. The maximum atomic E-state index is 12.1. The predicted octanol–water partition coefficient (Wildman–Crippen LogP) is 2.78. The number of anilines is 1. The van der Waals surface area contributed by atoms with Crippen LogP contribution in [0.5, 0.6) is 0 Å². The molecule has 1 aliphatic rings. The third kappa shape index (κ3) is 4.42. The van der Waals surface area contributed by atoms with Gasteiger partial charge in [-0.3, -0.25) is 9.69 Å². The maximum Gasteiger partial charge on any atom is 0.238 e. The van der Waals surface area contributed by atoms with Crippen LogP contribution in [0.4, 0.5) is 5.69 Å². The predicted molar refractivity (Wildman–Crippen MR) is 94.3 cm³/mol. The lowest BCUT2D eigenvalue weighted by Gasteiger charge is -2.27.